The Kier molecular flexibility index (Phi) is 2.76. The molecule has 0 saturated heterocycles. The van der Waals surface area contributed by atoms with Crippen LogP contribution in [0.5, 0.6) is 0 Å². The Balaban J connectivity index is 1.86. The smallest absolute Gasteiger partial charge is 0.214 e. The van der Waals surface area contributed by atoms with Crippen molar-refractivity contribution in [1.82, 2.24) is 20.2 Å². The Bertz CT molecular complexity index is 624. The SMILES string of the molecule is Cc1cc(Sc2nnnn2C2CC2)ccc1C#N. The van der Waals surface area contributed by atoms with Crippen LogP contribution >= 0.6 is 11.8 Å². The Hall–Kier alpha value is -1.87. The van der Waals surface area contributed by atoms with E-state index in [1.807, 2.05) is 29.8 Å². The van der Waals surface area contributed by atoms with E-state index < -0.39 is 0 Å². The quantitative estimate of drug-likeness (QED) is 0.844. The Morgan fingerprint density at radius 1 is 1.44 bits per heavy atom. The van der Waals surface area contributed by atoms with E-state index in [0.717, 1.165) is 28.5 Å². The minimum atomic E-state index is 0.474. The topological polar surface area (TPSA) is 67.4 Å². The third kappa shape index (κ3) is 2.09. The van der Waals surface area contributed by atoms with Crippen molar-refractivity contribution in [2.75, 3.05) is 0 Å². The molecule has 5 nitrogen and oxygen atoms in total. The van der Waals surface area contributed by atoms with Crippen LogP contribution in [0.4, 0.5) is 0 Å². The molecule has 0 spiro atoms. The summed E-state index contributed by atoms with van der Waals surface area (Å²) in [6.07, 6.45) is 2.32. The van der Waals surface area contributed by atoms with Crippen LogP contribution in [0.2, 0.25) is 0 Å². The van der Waals surface area contributed by atoms with Crippen molar-refractivity contribution in [3.05, 3.63) is 29.3 Å². The van der Waals surface area contributed by atoms with Gasteiger partial charge in [0.15, 0.2) is 0 Å². The van der Waals surface area contributed by atoms with Gasteiger partial charge >= 0.3 is 0 Å². The first-order valence-corrected chi connectivity index (χ1v) is 6.56. The maximum atomic E-state index is 8.90. The first-order chi connectivity index (χ1) is 8.78. The highest BCUT2D eigenvalue weighted by Gasteiger charge is 2.28. The molecule has 0 radical (unpaired) electrons. The predicted octanol–water partition coefficient (Wildman–Crippen LogP) is 2.34. The van der Waals surface area contributed by atoms with Crippen LogP contribution in [0, 0.1) is 18.3 Å². The molecule has 0 amide bonds. The fourth-order valence-corrected chi connectivity index (χ4v) is 2.67. The van der Waals surface area contributed by atoms with E-state index in [0.29, 0.717) is 11.6 Å². The number of rotatable bonds is 3. The molecule has 1 fully saturated rings. The number of hydrogen-bond donors (Lipinski definition) is 0. The van der Waals surface area contributed by atoms with Crippen LogP contribution in [0.25, 0.3) is 0 Å². The van der Waals surface area contributed by atoms with Crippen molar-refractivity contribution in [2.24, 2.45) is 0 Å². The van der Waals surface area contributed by atoms with E-state index in [2.05, 4.69) is 21.6 Å². The first-order valence-electron chi connectivity index (χ1n) is 5.74. The molecular weight excluding hydrogens is 246 g/mol. The van der Waals surface area contributed by atoms with Crippen LogP contribution in [0.15, 0.2) is 28.3 Å². The Morgan fingerprint density at radius 2 is 2.28 bits per heavy atom. The highest BCUT2D eigenvalue weighted by molar-refractivity contribution is 7.99. The van der Waals surface area contributed by atoms with Gasteiger partial charge in [-0.05, 0) is 65.7 Å². The third-order valence-corrected chi connectivity index (χ3v) is 3.82. The van der Waals surface area contributed by atoms with Gasteiger partial charge in [0.05, 0.1) is 17.7 Å². The zero-order valence-electron chi connectivity index (χ0n) is 9.87. The molecule has 0 atom stereocenters. The van der Waals surface area contributed by atoms with E-state index in [4.69, 9.17) is 5.26 Å². The molecule has 1 heterocycles. The molecule has 6 heteroatoms. The number of nitriles is 1. The van der Waals surface area contributed by atoms with Crippen molar-refractivity contribution < 1.29 is 0 Å². The average Bonchev–Trinajstić information content (AvgIpc) is 3.11. The maximum Gasteiger partial charge on any atom is 0.214 e. The summed E-state index contributed by atoms with van der Waals surface area (Å²) in [5, 5.41) is 21.5. The van der Waals surface area contributed by atoms with Gasteiger partial charge in [-0.2, -0.15) is 5.26 Å². The van der Waals surface area contributed by atoms with Crippen molar-refractivity contribution in [2.45, 2.75) is 35.9 Å². The summed E-state index contributed by atoms with van der Waals surface area (Å²) < 4.78 is 1.89. The third-order valence-electron chi connectivity index (χ3n) is 2.88. The number of nitrogens with zero attached hydrogens (tertiary/aromatic N) is 5. The molecule has 0 aliphatic heterocycles. The molecule has 1 aliphatic rings. The number of tetrazole rings is 1. The van der Waals surface area contributed by atoms with Crippen LogP contribution < -0.4 is 0 Å². The number of aromatic nitrogens is 4. The molecule has 0 unspecified atom stereocenters. The van der Waals surface area contributed by atoms with E-state index in [-0.39, 0.29) is 0 Å². The molecule has 1 aromatic carbocycles. The van der Waals surface area contributed by atoms with Crippen LogP contribution in [0.1, 0.15) is 30.0 Å². The van der Waals surface area contributed by atoms with E-state index in [1.165, 1.54) is 0 Å². The first kappa shape index (κ1) is 11.2. The lowest BCUT2D eigenvalue weighted by molar-refractivity contribution is 0.565. The number of aryl methyl sites for hydroxylation is 1. The summed E-state index contributed by atoms with van der Waals surface area (Å²) >= 11 is 1.54. The predicted molar refractivity (Wildman–Crippen MR) is 66.1 cm³/mol. The second-order valence-corrected chi connectivity index (χ2v) is 5.37. The fourth-order valence-electron chi connectivity index (χ4n) is 1.73. The molecule has 3 rings (SSSR count). The van der Waals surface area contributed by atoms with Crippen molar-refractivity contribution in [3.63, 3.8) is 0 Å². The monoisotopic (exact) mass is 257 g/mol. The molecule has 1 saturated carbocycles. The van der Waals surface area contributed by atoms with Gasteiger partial charge in [0.25, 0.3) is 0 Å². The van der Waals surface area contributed by atoms with Crippen LogP contribution in [-0.2, 0) is 0 Å². The van der Waals surface area contributed by atoms with Gasteiger partial charge in [-0.25, -0.2) is 4.68 Å². The lowest BCUT2D eigenvalue weighted by Gasteiger charge is -2.04. The number of hydrogen-bond acceptors (Lipinski definition) is 5. The van der Waals surface area contributed by atoms with Gasteiger partial charge < -0.3 is 0 Å². The molecular formula is C12H11N5S. The Morgan fingerprint density at radius 3 is 2.94 bits per heavy atom. The largest absolute Gasteiger partial charge is 0.217 e. The summed E-state index contributed by atoms with van der Waals surface area (Å²) in [6.45, 7) is 1.94. The minimum absolute atomic E-state index is 0.474. The minimum Gasteiger partial charge on any atom is -0.217 e. The lowest BCUT2D eigenvalue weighted by Crippen LogP contribution is -1.98. The summed E-state index contributed by atoms with van der Waals surface area (Å²) in [4.78, 5) is 1.06. The zero-order valence-corrected chi connectivity index (χ0v) is 10.7. The molecule has 0 bridgehead atoms. The molecule has 18 heavy (non-hydrogen) atoms. The van der Waals surface area contributed by atoms with E-state index >= 15 is 0 Å². The van der Waals surface area contributed by atoms with Crippen molar-refractivity contribution in [1.29, 1.82) is 5.26 Å². The van der Waals surface area contributed by atoms with Gasteiger partial charge in [-0.15, -0.1) is 5.10 Å². The Labute approximate surface area is 109 Å². The summed E-state index contributed by atoms with van der Waals surface area (Å²) in [7, 11) is 0. The summed E-state index contributed by atoms with van der Waals surface area (Å²) in [5.74, 6) is 0. The maximum absolute atomic E-state index is 8.90. The molecule has 2 aromatic rings. The standard InChI is InChI=1S/C12H11N5S/c1-8-6-11(5-2-9(8)7-13)18-12-14-15-16-17(12)10-3-4-10/h2,5-6,10H,3-4H2,1H3. The van der Waals surface area contributed by atoms with Crippen LogP contribution in [0.3, 0.4) is 0 Å². The zero-order chi connectivity index (χ0) is 12.5. The second kappa shape index (κ2) is 4.42. The van der Waals surface area contributed by atoms with Gasteiger partial charge in [0.2, 0.25) is 5.16 Å². The lowest BCUT2D eigenvalue weighted by atomic mass is 10.1. The van der Waals surface area contributed by atoms with E-state index in [9.17, 15) is 0 Å². The van der Waals surface area contributed by atoms with Crippen molar-refractivity contribution >= 4 is 11.8 Å². The average molecular weight is 257 g/mol. The highest BCUT2D eigenvalue weighted by atomic mass is 32.2. The molecule has 0 N–H and O–H groups in total. The molecule has 90 valence electrons. The highest BCUT2D eigenvalue weighted by Crippen LogP contribution is 2.38. The van der Waals surface area contributed by atoms with Gasteiger partial charge in [-0.3, -0.25) is 0 Å². The second-order valence-electron chi connectivity index (χ2n) is 4.33. The molecule has 1 aromatic heterocycles. The van der Waals surface area contributed by atoms with Gasteiger partial charge in [-0.1, -0.05) is 0 Å². The normalized spacial score (nSPS) is 14.4. The summed E-state index contributed by atoms with van der Waals surface area (Å²) in [6, 6.07) is 8.40. The van der Waals surface area contributed by atoms with Gasteiger partial charge in [0, 0.05) is 4.90 Å². The van der Waals surface area contributed by atoms with E-state index in [1.54, 1.807) is 11.8 Å². The summed E-state index contributed by atoms with van der Waals surface area (Å²) in [5.41, 5.74) is 1.69. The molecule has 1 aliphatic carbocycles. The fraction of sp³-hybridized carbons (Fsp3) is 0.333. The van der Waals surface area contributed by atoms with Crippen molar-refractivity contribution in [3.8, 4) is 6.07 Å². The van der Waals surface area contributed by atoms with Gasteiger partial charge in [0.1, 0.15) is 0 Å². The number of benzene rings is 1. The van der Waals surface area contributed by atoms with Crippen LogP contribution in [-0.4, -0.2) is 20.2 Å².